The summed E-state index contributed by atoms with van der Waals surface area (Å²) >= 11 is 0. The fourth-order valence-corrected chi connectivity index (χ4v) is 2.65. The number of phenolic OH excluding ortho intramolecular Hbond substituents is 2. The minimum Gasteiger partial charge on any atom is -0.507 e. The van der Waals surface area contributed by atoms with Crippen LogP contribution in [0.1, 0.15) is 19.4 Å². The Labute approximate surface area is 138 Å². The van der Waals surface area contributed by atoms with Gasteiger partial charge in [-0.05, 0) is 38.5 Å². The summed E-state index contributed by atoms with van der Waals surface area (Å²) in [7, 11) is 1.51. The van der Waals surface area contributed by atoms with E-state index in [0.29, 0.717) is 28.7 Å². The number of phenols is 2. The van der Waals surface area contributed by atoms with E-state index in [2.05, 4.69) is 0 Å². The smallest absolute Gasteiger partial charge is 0.204 e. The fourth-order valence-electron chi connectivity index (χ4n) is 2.65. The molecular weight excluding hydrogens is 308 g/mol. The van der Waals surface area contributed by atoms with Gasteiger partial charge in [0, 0.05) is 11.6 Å². The van der Waals surface area contributed by atoms with Gasteiger partial charge in [0.05, 0.1) is 12.5 Å². The molecule has 24 heavy (non-hydrogen) atoms. The van der Waals surface area contributed by atoms with E-state index in [1.807, 2.05) is 19.9 Å². The lowest BCUT2D eigenvalue weighted by Gasteiger charge is -2.10. The zero-order chi connectivity index (χ0) is 17.4. The molecule has 0 aliphatic carbocycles. The molecule has 2 N–H and O–H groups in total. The van der Waals surface area contributed by atoms with E-state index in [1.165, 1.54) is 13.2 Å². The molecule has 0 bridgehead atoms. The molecule has 1 heterocycles. The van der Waals surface area contributed by atoms with E-state index in [4.69, 9.17) is 9.15 Å². The Balaban J connectivity index is 2.42. The van der Waals surface area contributed by atoms with E-state index in [0.717, 1.165) is 5.57 Å². The minimum absolute atomic E-state index is 0.0608. The van der Waals surface area contributed by atoms with Gasteiger partial charge in [-0.3, -0.25) is 4.79 Å². The monoisotopic (exact) mass is 326 g/mol. The highest BCUT2D eigenvalue weighted by atomic mass is 16.5. The molecule has 0 amide bonds. The van der Waals surface area contributed by atoms with Crippen molar-refractivity contribution in [2.45, 2.75) is 20.3 Å². The van der Waals surface area contributed by atoms with Gasteiger partial charge in [0.15, 0.2) is 0 Å². The van der Waals surface area contributed by atoms with Gasteiger partial charge in [0.1, 0.15) is 33.8 Å². The molecule has 0 unspecified atom stereocenters. The van der Waals surface area contributed by atoms with Crippen LogP contribution >= 0.6 is 0 Å². The van der Waals surface area contributed by atoms with Gasteiger partial charge in [-0.1, -0.05) is 11.6 Å². The third-order valence-electron chi connectivity index (χ3n) is 3.92. The first-order chi connectivity index (χ1) is 11.4. The summed E-state index contributed by atoms with van der Waals surface area (Å²) in [4.78, 5) is 12.8. The molecule has 0 spiro atoms. The van der Waals surface area contributed by atoms with Crippen molar-refractivity contribution in [3.05, 3.63) is 51.7 Å². The SMILES string of the molecule is COc1ccc2oc3c(CC=C(C)C)c(O)cc(O)c3c(=O)c2c1. The Bertz CT molecular complexity index is 1020. The van der Waals surface area contributed by atoms with E-state index < -0.39 is 0 Å². The molecule has 3 rings (SSSR count). The number of methoxy groups -OCH3 is 1. The largest absolute Gasteiger partial charge is 0.507 e. The molecule has 5 nitrogen and oxygen atoms in total. The lowest BCUT2D eigenvalue weighted by atomic mass is 10.0. The van der Waals surface area contributed by atoms with Crippen LogP contribution in [-0.4, -0.2) is 17.3 Å². The average molecular weight is 326 g/mol. The quantitative estimate of drug-likeness (QED) is 0.564. The molecule has 0 fully saturated rings. The lowest BCUT2D eigenvalue weighted by Crippen LogP contribution is -2.04. The summed E-state index contributed by atoms with van der Waals surface area (Å²) < 4.78 is 11.0. The molecular formula is C19H18O5. The third-order valence-corrected chi connectivity index (χ3v) is 3.92. The molecule has 0 radical (unpaired) electrons. The first-order valence-corrected chi connectivity index (χ1v) is 7.54. The molecule has 1 aromatic heterocycles. The maximum atomic E-state index is 12.8. The Morgan fingerprint density at radius 2 is 1.96 bits per heavy atom. The number of ether oxygens (including phenoxy) is 1. The Morgan fingerprint density at radius 1 is 1.21 bits per heavy atom. The molecule has 0 saturated carbocycles. The number of fused-ring (bicyclic) bond motifs is 2. The van der Waals surface area contributed by atoms with Gasteiger partial charge in [-0.15, -0.1) is 0 Å². The predicted molar refractivity (Wildman–Crippen MR) is 93.0 cm³/mol. The summed E-state index contributed by atoms with van der Waals surface area (Å²) in [6, 6.07) is 6.08. The summed E-state index contributed by atoms with van der Waals surface area (Å²) in [5, 5.41) is 20.7. The summed E-state index contributed by atoms with van der Waals surface area (Å²) in [6.45, 7) is 3.88. The number of hydrogen-bond acceptors (Lipinski definition) is 5. The van der Waals surface area contributed by atoms with Crippen LogP contribution in [0.2, 0.25) is 0 Å². The van der Waals surface area contributed by atoms with Crippen molar-refractivity contribution in [2.75, 3.05) is 7.11 Å². The van der Waals surface area contributed by atoms with Crippen LogP contribution in [0, 0.1) is 0 Å². The Hall–Kier alpha value is -2.95. The molecule has 0 aliphatic rings. The maximum absolute atomic E-state index is 12.8. The van der Waals surface area contributed by atoms with Crippen molar-refractivity contribution < 1.29 is 19.4 Å². The first-order valence-electron chi connectivity index (χ1n) is 7.54. The van der Waals surface area contributed by atoms with Crippen LogP contribution in [0.4, 0.5) is 0 Å². The van der Waals surface area contributed by atoms with E-state index in [-0.39, 0.29) is 27.9 Å². The maximum Gasteiger partial charge on any atom is 0.204 e. The first kappa shape index (κ1) is 15.9. The van der Waals surface area contributed by atoms with Crippen LogP contribution < -0.4 is 10.2 Å². The Kier molecular flexibility index (Phi) is 3.93. The summed E-state index contributed by atoms with van der Waals surface area (Å²) in [6.07, 6.45) is 2.32. The van der Waals surface area contributed by atoms with E-state index >= 15 is 0 Å². The van der Waals surface area contributed by atoms with Gasteiger partial charge in [0.2, 0.25) is 5.43 Å². The second-order valence-electron chi connectivity index (χ2n) is 5.88. The number of rotatable bonds is 3. The standard InChI is InChI=1S/C19H18O5/c1-10(2)4-6-12-14(20)9-15(21)17-18(22)13-8-11(23-3)5-7-16(13)24-19(12)17/h4-5,7-9,20-21H,6H2,1-3H3. The summed E-state index contributed by atoms with van der Waals surface area (Å²) in [5.74, 6) is 0.118. The Morgan fingerprint density at radius 3 is 2.62 bits per heavy atom. The molecule has 2 aromatic carbocycles. The fraction of sp³-hybridized carbons (Fsp3) is 0.211. The molecule has 5 heteroatoms. The van der Waals surface area contributed by atoms with Crippen LogP contribution in [-0.2, 0) is 6.42 Å². The number of allylic oxidation sites excluding steroid dienone is 2. The van der Waals surface area contributed by atoms with E-state index in [9.17, 15) is 15.0 Å². The highest BCUT2D eigenvalue weighted by molar-refractivity contribution is 5.96. The van der Waals surface area contributed by atoms with Crippen LogP contribution in [0.5, 0.6) is 17.2 Å². The van der Waals surface area contributed by atoms with Crippen LogP contribution in [0.3, 0.4) is 0 Å². The molecule has 0 atom stereocenters. The molecule has 0 aliphatic heterocycles. The molecule has 3 aromatic rings. The van der Waals surface area contributed by atoms with Gasteiger partial charge in [-0.25, -0.2) is 0 Å². The lowest BCUT2D eigenvalue weighted by molar-refractivity contribution is 0.415. The van der Waals surface area contributed by atoms with Crippen molar-refractivity contribution >= 4 is 21.9 Å². The van der Waals surface area contributed by atoms with Crippen molar-refractivity contribution in [1.82, 2.24) is 0 Å². The minimum atomic E-state index is -0.360. The number of benzene rings is 2. The molecule has 124 valence electrons. The van der Waals surface area contributed by atoms with Crippen molar-refractivity contribution in [3.63, 3.8) is 0 Å². The summed E-state index contributed by atoms with van der Waals surface area (Å²) in [5.41, 5.74) is 1.76. The topological polar surface area (TPSA) is 79.9 Å². The zero-order valence-corrected chi connectivity index (χ0v) is 13.7. The second kappa shape index (κ2) is 5.92. The van der Waals surface area contributed by atoms with Crippen LogP contribution in [0.25, 0.3) is 21.9 Å². The second-order valence-corrected chi connectivity index (χ2v) is 5.88. The number of hydrogen-bond donors (Lipinski definition) is 2. The highest BCUT2D eigenvalue weighted by Crippen LogP contribution is 2.35. The van der Waals surface area contributed by atoms with Gasteiger partial charge < -0.3 is 19.4 Å². The van der Waals surface area contributed by atoms with Crippen molar-refractivity contribution in [2.24, 2.45) is 0 Å². The predicted octanol–water partition coefficient (Wildman–Crippen LogP) is 3.87. The van der Waals surface area contributed by atoms with Gasteiger partial charge in [-0.2, -0.15) is 0 Å². The van der Waals surface area contributed by atoms with E-state index in [1.54, 1.807) is 18.2 Å². The van der Waals surface area contributed by atoms with Crippen molar-refractivity contribution in [1.29, 1.82) is 0 Å². The zero-order valence-electron chi connectivity index (χ0n) is 13.7. The van der Waals surface area contributed by atoms with Crippen LogP contribution in [0.15, 0.2) is 45.1 Å². The number of aromatic hydroxyl groups is 2. The normalized spacial score (nSPS) is 11.0. The molecule has 0 saturated heterocycles. The average Bonchev–Trinajstić information content (AvgIpc) is 2.53. The van der Waals surface area contributed by atoms with Crippen molar-refractivity contribution in [3.8, 4) is 17.2 Å². The third kappa shape index (κ3) is 2.58. The van der Waals surface area contributed by atoms with Gasteiger partial charge >= 0.3 is 0 Å². The van der Waals surface area contributed by atoms with Gasteiger partial charge in [0.25, 0.3) is 0 Å². The highest BCUT2D eigenvalue weighted by Gasteiger charge is 2.18.